The molecule has 0 spiro atoms. The average molecular weight is 407 g/mol. The summed E-state index contributed by atoms with van der Waals surface area (Å²) >= 11 is 0. The Morgan fingerprint density at radius 1 is 1.24 bits per heavy atom. The second-order valence-corrected chi connectivity index (χ2v) is 8.16. The standard InChI is InChI=1S/C24H38O3.CH4O/c1-8-11-20-15-22(26)18(5)23(16-21(20)19(6)25)27-24(7,13-9-2)14-10-12-17(3)4;1-2/h9,12-13,15-16,18,21-22,26H,8,10-11,14H2,1-7H3;2H,1H3/b13-9-;. The fourth-order valence-corrected chi connectivity index (χ4v) is 3.53. The van der Waals surface area contributed by atoms with Gasteiger partial charge < -0.3 is 14.9 Å². The van der Waals surface area contributed by atoms with Crippen molar-refractivity contribution in [2.75, 3.05) is 7.11 Å². The van der Waals surface area contributed by atoms with E-state index in [9.17, 15) is 9.90 Å². The second kappa shape index (κ2) is 13.6. The molecule has 0 aromatic carbocycles. The Labute approximate surface area is 178 Å². The number of aliphatic hydroxyl groups excluding tert-OH is 2. The first-order chi connectivity index (χ1) is 13.6. The van der Waals surface area contributed by atoms with Gasteiger partial charge in [-0.25, -0.2) is 0 Å². The van der Waals surface area contributed by atoms with Crippen LogP contribution < -0.4 is 0 Å². The molecular formula is C25H42O4. The van der Waals surface area contributed by atoms with Crippen molar-refractivity contribution in [1.29, 1.82) is 0 Å². The fourth-order valence-electron chi connectivity index (χ4n) is 3.53. The summed E-state index contributed by atoms with van der Waals surface area (Å²) in [6, 6.07) is 0. The van der Waals surface area contributed by atoms with Crippen LogP contribution in [-0.4, -0.2) is 34.8 Å². The van der Waals surface area contributed by atoms with Crippen molar-refractivity contribution in [2.45, 2.75) is 85.9 Å². The van der Waals surface area contributed by atoms with Gasteiger partial charge in [0, 0.05) is 13.0 Å². The van der Waals surface area contributed by atoms with Crippen LogP contribution in [0.5, 0.6) is 0 Å². The molecule has 1 rings (SSSR count). The molecule has 0 radical (unpaired) electrons. The van der Waals surface area contributed by atoms with E-state index in [-0.39, 0.29) is 17.6 Å². The normalized spacial score (nSPS) is 23.7. The Morgan fingerprint density at radius 3 is 2.34 bits per heavy atom. The van der Waals surface area contributed by atoms with Crippen molar-refractivity contribution < 1.29 is 19.7 Å². The van der Waals surface area contributed by atoms with Crippen LogP contribution in [0.15, 0.2) is 47.3 Å². The van der Waals surface area contributed by atoms with E-state index >= 15 is 0 Å². The average Bonchev–Trinajstić information content (AvgIpc) is 2.75. The third-order valence-corrected chi connectivity index (χ3v) is 5.12. The maximum atomic E-state index is 12.3. The molecule has 4 heteroatoms. The van der Waals surface area contributed by atoms with Crippen molar-refractivity contribution in [2.24, 2.45) is 11.8 Å². The van der Waals surface area contributed by atoms with E-state index < -0.39 is 11.7 Å². The van der Waals surface area contributed by atoms with Crippen LogP contribution in [0, 0.1) is 11.8 Å². The predicted octanol–water partition coefficient (Wildman–Crippen LogP) is 5.52. The van der Waals surface area contributed by atoms with E-state index in [1.807, 2.05) is 32.1 Å². The lowest BCUT2D eigenvalue weighted by Gasteiger charge is -2.32. The van der Waals surface area contributed by atoms with Crippen LogP contribution in [0.4, 0.5) is 0 Å². The summed E-state index contributed by atoms with van der Waals surface area (Å²) < 4.78 is 6.47. The number of allylic oxidation sites excluding steroid dienone is 5. The van der Waals surface area contributed by atoms with Gasteiger partial charge in [0.1, 0.15) is 17.1 Å². The molecule has 0 heterocycles. The molecule has 0 bridgehead atoms. The van der Waals surface area contributed by atoms with Gasteiger partial charge in [0.25, 0.3) is 0 Å². The number of ether oxygens (including phenoxy) is 1. The van der Waals surface area contributed by atoms with Gasteiger partial charge >= 0.3 is 0 Å². The van der Waals surface area contributed by atoms with E-state index in [2.05, 4.69) is 39.8 Å². The molecule has 4 atom stereocenters. The number of carbonyl (C=O) groups is 1. The lowest BCUT2D eigenvalue weighted by atomic mass is 9.91. The van der Waals surface area contributed by atoms with Crippen LogP contribution in [0.3, 0.4) is 0 Å². The Balaban J connectivity index is 0.00000379. The molecule has 0 saturated heterocycles. The molecule has 2 N–H and O–H groups in total. The Bertz CT molecular complexity index is 623. The van der Waals surface area contributed by atoms with Crippen LogP contribution in [-0.2, 0) is 9.53 Å². The molecule has 1 aliphatic carbocycles. The zero-order chi connectivity index (χ0) is 22.6. The first-order valence-corrected chi connectivity index (χ1v) is 10.6. The molecule has 4 unspecified atom stereocenters. The number of carbonyl (C=O) groups excluding carboxylic acids is 1. The zero-order valence-corrected chi connectivity index (χ0v) is 19.7. The highest BCUT2D eigenvalue weighted by atomic mass is 16.5. The lowest BCUT2D eigenvalue weighted by Crippen LogP contribution is -2.29. The monoisotopic (exact) mass is 406 g/mol. The minimum atomic E-state index is -0.644. The van der Waals surface area contributed by atoms with Crippen molar-refractivity contribution >= 4 is 5.78 Å². The molecule has 0 saturated carbocycles. The molecule has 0 aliphatic heterocycles. The van der Waals surface area contributed by atoms with Crippen LogP contribution in [0.1, 0.15) is 74.1 Å². The maximum absolute atomic E-state index is 12.3. The summed E-state index contributed by atoms with van der Waals surface area (Å²) in [4.78, 5) is 12.3. The van der Waals surface area contributed by atoms with Gasteiger partial charge in [0.15, 0.2) is 0 Å². The second-order valence-electron chi connectivity index (χ2n) is 8.16. The number of aliphatic hydroxyl groups is 2. The van der Waals surface area contributed by atoms with Gasteiger partial charge in [-0.3, -0.25) is 4.79 Å². The fraction of sp³-hybridized carbons (Fsp3) is 0.640. The molecule has 0 amide bonds. The highest BCUT2D eigenvalue weighted by Crippen LogP contribution is 2.34. The molecule has 29 heavy (non-hydrogen) atoms. The van der Waals surface area contributed by atoms with E-state index in [1.54, 1.807) is 6.92 Å². The van der Waals surface area contributed by atoms with E-state index in [4.69, 9.17) is 9.84 Å². The molecule has 0 aromatic rings. The minimum Gasteiger partial charge on any atom is -0.488 e. The summed E-state index contributed by atoms with van der Waals surface area (Å²) in [6.07, 6.45) is 13.0. The summed E-state index contributed by atoms with van der Waals surface area (Å²) in [5.41, 5.74) is 1.82. The first kappa shape index (κ1) is 27.4. The summed E-state index contributed by atoms with van der Waals surface area (Å²) in [5, 5.41) is 17.7. The van der Waals surface area contributed by atoms with Gasteiger partial charge in [-0.15, -0.1) is 0 Å². The third kappa shape index (κ3) is 9.14. The Hall–Kier alpha value is -1.65. The Kier molecular flexibility index (Phi) is 12.8. The van der Waals surface area contributed by atoms with Gasteiger partial charge in [-0.05, 0) is 66.0 Å². The van der Waals surface area contributed by atoms with E-state index in [0.717, 1.165) is 38.4 Å². The molecule has 1 aliphatic rings. The van der Waals surface area contributed by atoms with Crippen LogP contribution >= 0.6 is 0 Å². The van der Waals surface area contributed by atoms with E-state index in [1.165, 1.54) is 5.57 Å². The van der Waals surface area contributed by atoms with Crippen molar-refractivity contribution in [3.63, 3.8) is 0 Å². The van der Waals surface area contributed by atoms with E-state index in [0.29, 0.717) is 5.76 Å². The van der Waals surface area contributed by atoms with Crippen LogP contribution in [0.2, 0.25) is 0 Å². The molecule has 0 fully saturated rings. The van der Waals surface area contributed by atoms with Crippen molar-refractivity contribution in [3.8, 4) is 0 Å². The molecule has 4 nitrogen and oxygen atoms in total. The summed E-state index contributed by atoms with van der Waals surface area (Å²) in [6.45, 7) is 13.9. The highest BCUT2D eigenvalue weighted by Gasteiger charge is 2.32. The minimum absolute atomic E-state index is 0.0920. The SMILES string of the molecule is C/C=C\C(C)(CCC=C(C)C)OC1=CC(C(C)=O)C(CCC)=CC(O)C1C.CO. The molecule has 166 valence electrons. The smallest absolute Gasteiger partial charge is 0.140 e. The summed E-state index contributed by atoms with van der Waals surface area (Å²) in [5.74, 6) is 0.304. The largest absolute Gasteiger partial charge is 0.488 e. The lowest BCUT2D eigenvalue weighted by molar-refractivity contribution is -0.118. The Morgan fingerprint density at radius 2 is 1.86 bits per heavy atom. The van der Waals surface area contributed by atoms with Crippen molar-refractivity contribution in [1.82, 2.24) is 0 Å². The third-order valence-electron chi connectivity index (χ3n) is 5.12. The number of Topliss-reactive ketones (excluding diaryl/α,β-unsaturated/α-hetero) is 1. The molecular weight excluding hydrogens is 364 g/mol. The topological polar surface area (TPSA) is 66.8 Å². The maximum Gasteiger partial charge on any atom is 0.140 e. The van der Waals surface area contributed by atoms with Gasteiger partial charge in [0.05, 0.1) is 12.0 Å². The number of ketones is 1. The number of rotatable bonds is 9. The van der Waals surface area contributed by atoms with Gasteiger partial charge in [-0.2, -0.15) is 0 Å². The van der Waals surface area contributed by atoms with Gasteiger partial charge in [-0.1, -0.05) is 49.6 Å². The van der Waals surface area contributed by atoms with Gasteiger partial charge in [0.2, 0.25) is 0 Å². The quantitative estimate of drug-likeness (QED) is 0.495. The zero-order valence-electron chi connectivity index (χ0n) is 19.7. The molecule has 0 aromatic heterocycles. The summed E-state index contributed by atoms with van der Waals surface area (Å²) in [7, 11) is 1.00. The predicted molar refractivity (Wildman–Crippen MR) is 122 cm³/mol. The van der Waals surface area contributed by atoms with Crippen LogP contribution in [0.25, 0.3) is 0 Å². The first-order valence-electron chi connectivity index (χ1n) is 10.6. The van der Waals surface area contributed by atoms with Crippen molar-refractivity contribution in [3.05, 3.63) is 47.3 Å². The number of hydrogen-bond acceptors (Lipinski definition) is 4. The number of hydrogen-bond donors (Lipinski definition) is 2. The highest BCUT2D eigenvalue weighted by molar-refractivity contribution is 5.83.